The topological polar surface area (TPSA) is 75.7 Å². The number of sulfonamides is 1. The molecule has 30 heavy (non-hydrogen) atoms. The Kier molecular flexibility index (Phi) is 6.74. The predicted octanol–water partition coefficient (Wildman–Crippen LogP) is 4.23. The first-order valence-electron chi connectivity index (χ1n) is 9.58. The van der Waals surface area contributed by atoms with Gasteiger partial charge in [0.1, 0.15) is 5.75 Å². The molecule has 3 aromatic carbocycles. The standard InChI is InChI=1S/C23H24N2O4S/c1-3-25(20-10-5-4-6-11-20)30(27,28)21-15-13-19(14-16-21)24-23(26)17-29-22-12-8-7-9-18(22)2/h4-16H,3,17H2,1-2H3,(H,24,26). The molecule has 7 heteroatoms. The maximum absolute atomic E-state index is 13.0. The molecule has 6 nitrogen and oxygen atoms in total. The van der Waals surface area contributed by atoms with Gasteiger partial charge in [-0.1, -0.05) is 36.4 Å². The van der Waals surface area contributed by atoms with E-state index in [0.717, 1.165) is 5.56 Å². The fourth-order valence-corrected chi connectivity index (χ4v) is 4.46. The summed E-state index contributed by atoms with van der Waals surface area (Å²) in [5.41, 5.74) is 2.04. The lowest BCUT2D eigenvalue weighted by molar-refractivity contribution is -0.118. The average molecular weight is 425 g/mol. The smallest absolute Gasteiger partial charge is 0.264 e. The van der Waals surface area contributed by atoms with Crippen LogP contribution in [0.15, 0.2) is 83.8 Å². The van der Waals surface area contributed by atoms with Crippen LogP contribution >= 0.6 is 0 Å². The molecule has 3 rings (SSSR count). The van der Waals surface area contributed by atoms with E-state index in [-0.39, 0.29) is 17.4 Å². The maximum Gasteiger partial charge on any atom is 0.264 e. The second kappa shape index (κ2) is 9.45. The van der Waals surface area contributed by atoms with Gasteiger partial charge in [-0.2, -0.15) is 0 Å². The molecule has 156 valence electrons. The number of hydrogen-bond acceptors (Lipinski definition) is 4. The van der Waals surface area contributed by atoms with Crippen LogP contribution in [-0.4, -0.2) is 27.5 Å². The first-order valence-corrected chi connectivity index (χ1v) is 11.0. The largest absolute Gasteiger partial charge is 0.483 e. The van der Waals surface area contributed by atoms with Gasteiger partial charge in [-0.05, 0) is 61.9 Å². The highest BCUT2D eigenvalue weighted by molar-refractivity contribution is 7.92. The second-order valence-electron chi connectivity index (χ2n) is 6.63. The zero-order valence-corrected chi connectivity index (χ0v) is 17.7. The number of nitrogens with zero attached hydrogens (tertiary/aromatic N) is 1. The number of ether oxygens (including phenoxy) is 1. The zero-order valence-electron chi connectivity index (χ0n) is 16.9. The van der Waals surface area contributed by atoms with Crippen LogP contribution in [0, 0.1) is 6.92 Å². The van der Waals surface area contributed by atoms with Gasteiger partial charge < -0.3 is 10.1 Å². The van der Waals surface area contributed by atoms with Crippen molar-refractivity contribution in [1.29, 1.82) is 0 Å². The van der Waals surface area contributed by atoms with Crippen molar-refractivity contribution in [2.75, 3.05) is 22.8 Å². The summed E-state index contributed by atoms with van der Waals surface area (Å²) in [6.07, 6.45) is 0. The fourth-order valence-electron chi connectivity index (χ4n) is 2.98. The molecule has 0 bridgehead atoms. The molecule has 1 amide bonds. The lowest BCUT2D eigenvalue weighted by Gasteiger charge is -2.23. The third kappa shape index (κ3) is 4.99. The molecule has 0 spiro atoms. The molecule has 0 heterocycles. The summed E-state index contributed by atoms with van der Waals surface area (Å²) in [6.45, 7) is 3.86. The van der Waals surface area contributed by atoms with Crippen LogP contribution < -0.4 is 14.4 Å². The normalized spacial score (nSPS) is 11.0. The van der Waals surface area contributed by atoms with Crippen molar-refractivity contribution in [3.8, 4) is 5.75 Å². The molecule has 0 aliphatic rings. The minimum Gasteiger partial charge on any atom is -0.483 e. The van der Waals surface area contributed by atoms with E-state index in [1.165, 1.54) is 16.4 Å². The Morgan fingerprint density at radius 1 is 0.933 bits per heavy atom. The molecule has 0 aliphatic carbocycles. The van der Waals surface area contributed by atoms with E-state index in [4.69, 9.17) is 4.74 Å². The van der Waals surface area contributed by atoms with Gasteiger partial charge in [-0.3, -0.25) is 9.10 Å². The average Bonchev–Trinajstić information content (AvgIpc) is 2.75. The van der Waals surface area contributed by atoms with Gasteiger partial charge >= 0.3 is 0 Å². The number of carbonyl (C=O) groups excluding carboxylic acids is 1. The Morgan fingerprint density at radius 3 is 2.20 bits per heavy atom. The molecule has 0 saturated heterocycles. The molecule has 0 radical (unpaired) electrons. The molecular formula is C23H24N2O4S. The van der Waals surface area contributed by atoms with Crippen molar-refractivity contribution in [2.24, 2.45) is 0 Å². The Bertz CT molecular complexity index is 1100. The van der Waals surface area contributed by atoms with E-state index in [1.54, 1.807) is 49.4 Å². The minimum absolute atomic E-state index is 0.136. The van der Waals surface area contributed by atoms with E-state index in [9.17, 15) is 13.2 Å². The van der Waals surface area contributed by atoms with Gasteiger partial charge in [0.2, 0.25) is 0 Å². The molecule has 0 aromatic heterocycles. The third-order valence-corrected chi connectivity index (χ3v) is 6.43. The van der Waals surface area contributed by atoms with Crippen LogP contribution in [0.3, 0.4) is 0 Å². The fraction of sp³-hybridized carbons (Fsp3) is 0.174. The number of nitrogens with one attached hydrogen (secondary N) is 1. The van der Waals surface area contributed by atoms with Gasteiger partial charge in [0.25, 0.3) is 15.9 Å². The molecule has 0 atom stereocenters. The van der Waals surface area contributed by atoms with E-state index in [1.807, 2.05) is 31.2 Å². The zero-order chi connectivity index (χ0) is 21.6. The highest BCUT2D eigenvalue weighted by Gasteiger charge is 2.23. The number of amides is 1. The Balaban J connectivity index is 1.66. The Hall–Kier alpha value is -3.32. The first-order chi connectivity index (χ1) is 14.4. The number of hydrogen-bond donors (Lipinski definition) is 1. The molecule has 1 N–H and O–H groups in total. The van der Waals surface area contributed by atoms with Gasteiger partial charge in [0.05, 0.1) is 10.6 Å². The van der Waals surface area contributed by atoms with Crippen molar-refractivity contribution in [3.05, 3.63) is 84.4 Å². The van der Waals surface area contributed by atoms with Crippen LogP contribution in [0.5, 0.6) is 5.75 Å². The summed E-state index contributed by atoms with van der Waals surface area (Å²) in [4.78, 5) is 12.3. The van der Waals surface area contributed by atoms with Crippen molar-refractivity contribution < 1.29 is 17.9 Å². The summed E-state index contributed by atoms with van der Waals surface area (Å²) >= 11 is 0. The summed E-state index contributed by atoms with van der Waals surface area (Å²) < 4.78 is 32.9. The van der Waals surface area contributed by atoms with Crippen LogP contribution in [-0.2, 0) is 14.8 Å². The predicted molar refractivity (Wildman–Crippen MR) is 118 cm³/mol. The van der Waals surface area contributed by atoms with Gasteiger partial charge in [-0.25, -0.2) is 8.42 Å². The van der Waals surface area contributed by atoms with E-state index in [2.05, 4.69) is 5.32 Å². The maximum atomic E-state index is 13.0. The van der Waals surface area contributed by atoms with Crippen molar-refractivity contribution in [1.82, 2.24) is 0 Å². The summed E-state index contributed by atoms with van der Waals surface area (Å²) in [7, 11) is -3.70. The molecule has 0 fully saturated rings. The van der Waals surface area contributed by atoms with E-state index >= 15 is 0 Å². The highest BCUT2D eigenvalue weighted by Crippen LogP contribution is 2.24. The van der Waals surface area contributed by atoms with Gasteiger partial charge in [0, 0.05) is 12.2 Å². The summed E-state index contributed by atoms with van der Waals surface area (Å²) in [6, 6.07) is 22.5. The number of para-hydroxylation sites is 2. The summed E-state index contributed by atoms with van der Waals surface area (Å²) in [5, 5.41) is 2.71. The highest BCUT2D eigenvalue weighted by atomic mass is 32.2. The van der Waals surface area contributed by atoms with Crippen LogP contribution in [0.2, 0.25) is 0 Å². The lowest BCUT2D eigenvalue weighted by atomic mass is 10.2. The Labute approximate surface area is 177 Å². The SMILES string of the molecule is CCN(c1ccccc1)S(=O)(=O)c1ccc(NC(=O)COc2ccccc2C)cc1. The lowest BCUT2D eigenvalue weighted by Crippen LogP contribution is -2.30. The van der Waals surface area contributed by atoms with Gasteiger partial charge in [-0.15, -0.1) is 0 Å². The van der Waals surface area contributed by atoms with Gasteiger partial charge in [0.15, 0.2) is 6.61 Å². The molecule has 0 unspecified atom stereocenters. The molecule has 0 aliphatic heterocycles. The number of benzene rings is 3. The second-order valence-corrected chi connectivity index (χ2v) is 8.49. The number of carbonyl (C=O) groups is 1. The number of aryl methyl sites for hydroxylation is 1. The van der Waals surface area contributed by atoms with Crippen LogP contribution in [0.25, 0.3) is 0 Å². The van der Waals surface area contributed by atoms with Crippen LogP contribution in [0.4, 0.5) is 11.4 Å². The number of anilines is 2. The minimum atomic E-state index is -3.70. The van der Waals surface area contributed by atoms with E-state index < -0.39 is 10.0 Å². The van der Waals surface area contributed by atoms with Crippen molar-refractivity contribution in [2.45, 2.75) is 18.7 Å². The summed E-state index contributed by atoms with van der Waals surface area (Å²) in [5.74, 6) is 0.322. The Morgan fingerprint density at radius 2 is 1.57 bits per heavy atom. The van der Waals surface area contributed by atoms with Crippen molar-refractivity contribution >= 4 is 27.3 Å². The third-order valence-electron chi connectivity index (χ3n) is 4.51. The molecule has 0 saturated carbocycles. The monoisotopic (exact) mass is 424 g/mol. The first kappa shape index (κ1) is 21.4. The van der Waals surface area contributed by atoms with E-state index in [0.29, 0.717) is 23.7 Å². The molecule has 3 aromatic rings. The quantitative estimate of drug-likeness (QED) is 0.587. The number of rotatable bonds is 8. The molecular weight excluding hydrogens is 400 g/mol. The van der Waals surface area contributed by atoms with Crippen LogP contribution in [0.1, 0.15) is 12.5 Å². The van der Waals surface area contributed by atoms with Crippen molar-refractivity contribution in [3.63, 3.8) is 0 Å².